The molecule has 0 saturated carbocycles. The number of rotatable bonds is 5. The molecule has 0 bridgehead atoms. The minimum absolute atomic E-state index is 0.0244. The van der Waals surface area contributed by atoms with Crippen LogP contribution >= 0.6 is 0 Å². The van der Waals surface area contributed by atoms with Gasteiger partial charge in [0, 0.05) is 19.6 Å². The molecule has 1 amide bonds. The van der Waals surface area contributed by atoms with Crippen molar-refractivity contribution in [3.8, 4) is 11.8 Å². The van der Waals surface area contributed by atoms with Crippen LogP contribution in [0.3, 0.4) is 0 Å². The predicted molar refractivity (Wildman–Crippen MR) is 93.7 cm³/mol. The number of amides is 1. The molecule has 3 heterocycles. The lowest BCUT2D eigenvalue weighted by atomic mass is 9.99. The third-order valence-electron chi connectivity index (χ3n) is 5.07. The highest BCUT2D eigenvalue weighted by Crippen LogP contribution is 2.19. The van der Waals surface area contributed by atoms with Gasteiger partial charge in [-0.1, -0.05) is 6.92 Å². The van der Waals surface area contributed by atoms with E-state index in [1.165, 1.54) is 0 Å². The zero-order valence-corrected chi connectivity index (χ0v) is 15.2. The Hall–Kier alpha value is -1.89. The number of carbonyl (C=O) groups is 1. The van der Waals surface area contributed by atoms with Crippen LogP contribution in [0.4, 0.5) is 0 Å². The molecule has 3 rings (SSSR count). The zero-order chi connectivity index (χ0) is 17.6. The van der Waals surface area contributed by atoms with Crippen LogP contribution in [0.25, 0.3) is 0 Å². The summed E-state index contributed by atoms with van der Waals surface area (Å²) in [4.78, 5) is 25.0. The number of hydrogen-bond acceptors (Lipinski definition) is 6. The molecule has 2 aliphatic heterocycles. The Morgan fingerprint density at radius 1 is 1.20 bits per heavy atom. The van der Waals surface area contributed by atoms with Crippen molar-refractivity contribution in [2.75, 3.05) is 39.8 Å². The monoisotopic (exact) mass is 348 g/mol. The first-order valence-corrected chi connectivity index (χ1v) is 9.17. The second kappa shape index (κ2) is 8.47. The molecule has 1 aromatic rings. The lowest BCUT2D eigenvalue weighted by molar-refractivity contribution is -0.134. The highest BCUT2D eigenvalue weighted by molar-refractivity contribution is 5.78. The zero-order valence-electron chi connectivity index (χ0n) is 15.2. The van der Waals surface area contributed by atoms with Crippen LogP contribution in [0.2, 0.25) is 0 Å². The lowest BCUT2D eigenvalue weighted by Crippen LogP contribution is -2.48. The molecule has 0 aliphatic carbocycles. The number of piperidine rings is 2. The van der Waals surface area contributed by atoms with Gasteiger partial charge in [0.1, 0.15) is 6.10 Å². The first-order chi connectivity index (χ1) is 12.1. The molecule has 0 spiro atoms. The van der Waals surface area contributed by atoms with E-state index in [1.54, 1.807) is 19.5 Å². The normalized spacial score (nSPS) is 22.6. The van der Waals surface area contributed by atoms with Gasteiger partial charge in [0.2, 0.25) is 5.91 Å². The SMILES string of the molecule is COc1cnc(OC2CCCN(CC(=O)N3CCC(C)CC3)C2)nc1. The summed E-state index contributed by atoms with van der Waals surface area (Å²) < 4.78 is 10.9. The maximum Gasteiger partial charge on any atom is 0.316 e. The van der Waals surface area contributed by atoms with Crippen molar-refractivity contribution in [2.24, 2.45) is 5.92 Å². The molecule has 7 nitrogen and oxygen atoms in total. The minimum Gasteiger partial charge on any atom is -0.494 e. The van der Waals surface area contributed by atoms with Crippen LogP contribution in [0.1, 0.15) is 32.6 Å². The Labute approximate surface area is 149 Å². The van der Waals surface area contributed by atoms with E-state index in [9.17, 15) is 4.79 Å². The minimum atomic E-state index is 0.0244. The highest BCUT2D eigenvalue weighted by atomic mass is 16.5. The van der Waals surface area contributed by atoms with Crippen LogP contribution in [0.15, 0.2) is 12.4 Å². The van der Waals surface area contributed by atoms with Gasteiger partial charge in [-0.05, 0) is 38.1 Å². The van der Waals surface area contributed by atoms with Crippen LogP contribution in [0.5, 0.6) is 11.8 Å². The van der Waals surface area contributed by atoms with E-state index in [1.807, 2.05) is 4.90 Å². The summed E-state index contributed by atoms with van der Waals surface area (Å²) in [6.07, 6.45) is 7.44. The van der Waals surface area contributed by atoms with Gasteiger partial charge in [0.25, 0.3) is 0 Å². The van der Waals surface area contributed by atoms with Crippen molar-refractivity contribution in [1.82, 2.24) is 19.8 Å². The molecule has 0 aromatic carbocycles. The smallest absolute Gasteiger partial charge is 0.316 e. The van der Waals surface area contributed by atoms with Crippen molar-refractivity contribution < 1.29 is 14.3 Å². The number of likely N-dealkylation sites (tertiary alicyclic amines) is 2. The van der Waals surface area contributed by atoms with Crippen LogP contribution < -0.4 is 9.47 Å². The van der Waals surface area contributed by atoms with E-state index in [0.29, 0.717) is 18.3 Å². The third kappa shape index (κ3) is 5.04. The van der Waals surface area contributed by atoms with Crippen molar-refractivity contribution in [3.63, 3.8) is 0 Å². The fraction of sp³-hybridized carbons (Fsp3) is 0.722. The van der Waals surface area contributed by atoms with Gasteiger partial charge in [0.05, 0.1) is 26.0 Å². The molecule has 0 N–H and O–H groups in total. The van der Waals surface area contributed by atoms with Gasteiger partial charge in [-0.15, -0.1) is 0 Å². The molecule has 2 fully saturated rings. The van der Waals surface area contributed by atoms with E-state index in [2.05, 4.69) is 21.8 Å². The summed E-state index contributed by atoms with van der Waals surface area (Å²) in [7, 11) is 1.58. The van der Waals surface area contributed by atoms with Crippen molar-refractivity contribution >= 4 is 5.91 Å². The predicted octanol–water partition coefficient (Wildman–Crippen LogP) is 1.59. The summed E-state index contributed by atoms with van der Waals surface area (Å²) in [5.74, 6) is 1.59. The molecule has 2 saturated heterocycles. The number of methoxy groups -OCH3 is 1. The first-order valence-electron chi connectivity index (χ1n) is 9.17. The number of nitrogens with zero attached hydrogens (tertiary/aromatic N) is 4. The number of aromatic nitrogens is 2. The molecule has 0 radical (unpaired) electrons. The van der Waals surface area contributed by atoms with E-state index >= 15 is 0 Å². The van der Waals surface area contributed by atoms with Gasteiger partial charge >= 0.3 is 6.01 Å². The average molecular weight is 348 g/mol. The van der Waals surface area contributed by atoms with Crippen LogP contribution in [-0.2, 0) is 4.79 Å². The molecule has 1 unspecified atom stereocenters. The van der Waals surface area contributed by atoms with Gasteiger partial charge in [0.15, 0.2) is 5.75 Å². The van der Waals surface area contributed by atoms with E-state index in [0.717, 1.165) is 57.8 Å². The second-order valence-electron chi connectivity index (χ2n) is 7.09. The highest BCUT2D eigenvalue weighted by Gasteiger charge is 2.26. The maximum absolute atomic E-state index is 12.5. The standard InChI is InChI=1S/C18H28N4O3/c1-14-5-8-22(9-6-14)17(23)13-21-7-3-4-15(12-21)25-18-19-10-16(24-2)11-20-18/h10-11,14-15H,3-9,12-13H2,1-2H3. The number of hydrogen-bond donors (Lipinski definition) is 0. The molecular weight excluding hydrogens is 320 g/mol. The Morgan fingerprint density at radius 2 is 1.92 bits per heavy atom. The third-order valence-corrected chi connectivity index (χ3v) is 5.07. The summed E-state index contributed by atoms with van der Waals surface area (Å²) in [6, 6.07) is 0.365. The molecule has 25 heavy (non-hydrogen) atoms. The van der Waals surface area contributed by atoms with Crippen molar-refractivity contribution in [1.29, 1.82) is 0 Å². The van der Waals surface area contributed by atoms with Gasteiger partial charge < -0.3 is 14.4 Å². The van der Waals surface area contributed by atoms with Crippen molar-refractivity contribution in [3.05, 3.63) is 12.4 Å². The maximum atomic E-state index is 12.5. The average Bonchev–Trinajstić information content (AvgIpc) is 2.63. The molecule has 1 aromatic heterocycles. The summed E-state index contributed by atoms with van der Waals surface area (Å²) in [5.41, 5.74) is 0. The fourth-order valence-electron chi connectivity index (χ4n) is 3.42. The quantitative estimate of drug-likeness (QED) is 0.805. The van der Waals surface area contributed by atoms with Gasteiger partial charge in [-0.2, -0.15) is 9.97 Å². The first kappa shape index (κ1) is 17.9. The summed E-state index contributed by atoms with van der Waals surface area (Å²) >= 11 is 0. The van der Waals surface area contributed by atoms with Gasteiger partial charge in [-0.25, -0.2) is 0 Å². The van der Waals surface area contributed by atoms with Crippen LogP contribution in [-0.4, -0.2) is 71.6 Å². The summed E-state index contributed by atoms with van der Waals surface area (Å²) in [6.45, 7) is 6.22. The van der Waals surface area contributed by atoms with E-state index in [-0.39, 0.29) is 12.0 Å². The van der Waals surface area contributed by atoms with E-state index in [4.69, 9.17) is 9.47 Å². The molecule has 7 heteroatoms. The van der Waals surface area contributed by atoms with Crippen LogP contribution in [0, 0.1) is 5.92 Å². The molecular formula is C18H28N4O3. The van der Waals surface area contributed by atoms with Crippen molar-refractivity contribution in [2.45, 2.75) is 38.7 Å². The molecule has 138 valence electrons. The largest absolute Gasteiger partial charge is 0.494 e. The Morgan fingerprint density at radius 3 is 2.60 bits per heavy atom. The Bertz CT molecular complexity index is 558. The van der Waals surface area contributed by atoms with Gasteiger partial charge in [-0.3, -0.25) is 9.69 Å². The number of carbonyl (C=O) groups excluding carboxylic acids is 1. The van der Waals surface area contributed by atoms with E-state index < -0.39 is 0 Å². The number of ether oxygens (including phenoxy) is 2. The lowest BCUT2D eigenvalue weighted by Gasteiger charge is -2.35. The topological polar surface area (TPSA) is 67.8 Å². The Balaban J connectivity index is 1.48. The summed E-state index contributed by atoms with van der Waals surface area (Å²) in [5, 5.41) is 0. The fourth-order valence-corrected chi connectivity index (χ4v) is 3.42. The Kier molecular flexibility index (Phi) is 6.07. The second-order valence-corrected chi connectivity index (χ2v) is 7.09. The molecule has 2 aliphatic rings. The molecule has 1 atom stereocenters.